The van der Waals surface area contributed by atoms with Gasteiger partial charge in [0.25, 0.3) is 5.91 Å². The Bertz CT molecular complexity index is 790. The number of benzene rings is 1. The highest BCUT2D eigenvalue weighted by atomic mass is 32.1. The van der Waals surface area contributed by atoms with Gasteiger partial charge in [-0.1, -0.05) is 6.07 Å². The smallest absolute Gasteiger partial charge is 0.334 e. The number of hydrogen-bond acceptors (Lipinski definition) is 5. The van der Waals surface area contributed by atoms with Crippen LogP contribution in [0.3, 0.4) is 0 Å². The zero-order valence-corrected chi connectivity index (χ0v) is 13.8. The molecule has 8 heteroatoms. The molecule has 0 spiro atoms. The molecule has 2 aromatic rings. The Morgan fingerprint density at radius 1 is 1.50 bits per heavy atom. The van der Waals surface area contributed by atoms with Gasteiger partial charge in [-0.05, 0) is 12.1 Å². The van der Waals surface area contributed by atoms with Gasteiger partial charge in [-0.2, -0.15) is 0 Å². The minimum Gasteiger partial charge on any atom is -0.479 e. The van der Waals surface area contributed by atoms with Crippen LogP contribution in [0, 0.1) is 5.82 Å². The molecule has 1 N–H and O–H groups in total. The van der Waals surface area contributed by atoms with Crippen LogP contribution in [0.1, 0.15) is 15.2 Å². The van der Waals surface area contributed by atoms with Crippen LogP contribution in [0.15, 0.2) is 18.2 Å². The van der Waals surface area contributed by atoms with E-state index in [1.54, 1.807) is 12.1 Å². The maximum Gasteiger partial charge on any atom is 0.334 e. The maximum atomic E-state index is 14.2. The topological polar surface area (TPSA) is 76.1 Å². The number of aliphatic carboxylic acids is 1. The molecule has 3 rings (SSSR count). The summed E-state index contributed by atoms with van der Waals surface area (Å²) in [5, 5.41) is 9.45. The van der Waals surface area contributed by atoms with Gasteiger partial charge in [0.1, 0.15) is 5.82 Å². The van der Waals surface area contributed by atoms with Gasteiger partial charge in [-0.3, -0.25) is 4.79 Å². The standard InChI is InChI=1S/C16H16FNO5S/c1-22-8-9-13-10(17)3-2-4-12(13)24-14(9)15(19)18-5-6-23-11(7-18)16(20)21/h2-4,11H,5-8H2,1H3,(H,20,21). The van der Waals surface area contributed by atoms with E-state index in [9.17, 15) is 14.0 Å². The summed E-state index contributed by atoms with van der Waals surface area (Å²) < 4.78 is 25.1. The van der Waals surface area contributed by atoms with Crippen LogP contribution in [0.2, 0.25) is 0 Å². The van der Waals surface area contributed by atoms with E-state index >= 15 is 0 Å². The van der Waals surface area contributed by atoms with Gasteiger partial charge in [0.05, 0.1) is 24.6 Å². The number of carbonyl (C=O) groups is 2. The van der Waals surface area contributed by atoms with Crippen LogP contribution >= 0.6 is 11.3 Å². The highest BCUT2D eigenvalue weighted by Gasteiger charge is 2.32. The molecule has 0 saturated carbocycles. The summed E-state index contributed by atoms with van der Waals surface area (Å²) in [6.45, 7) is 0.527. The SMILES string of the molecule is COCc1c(C(=O)N2CCOC(C(=O)O)C2)sc2cccc(F)c12. The molecule has 0 bridgehead atoms. The van der Waals surface area contributed by atoms with Crippen LogP contribution < -0.4 is 0 Å². The predicted molar refractivity (Wildman–Crippen MR) is 85.8 cm³/mol. The molecule has 1 fully saturated rings. The first-order valence-corrected chi connectivity index (χ1v) is 8.17. The first-order chi connectivity index (χ1) is 11.5. The summed E-state index contributed by atoms with van der Waals surface area (Å²) in [6, 6.07) is 4.68. The number of methoxy groups -OCH3 is 1. The van der Waals surface area contributed by atoms with E-state index in [4.69, 9.17) is 14.6 Å². The summed E-state index contributed by atoms with van der Waals surface area (Å²) >= 11 is 1.19. The molecule has 1 aliphatic heterocycles. The summed E-state index contributed by atoms with van der Waals surface area (Å²) in [5.41, 5.74) is 0.499. The number of carboxylic acid groups (broad SMARTS) is 1. The molecule has 1 aromatic carbocycles. The number of fused-ring (bicyclic) bond motifs is 1. The summed E-state index contributed by atoms with van der Waals surface area (Å²) in [4.78, 5) is 25.8. The van der Waals surface area contributed by atoms with Crippen LogP contribution in [-0.2, 0) is 20.9 Å². The lowest BCUT2D eigenvalue weighted by molar-refractivity contribution is -0.154. The number of halogens is 1. The zero-order valence-electron chi connectivity index (χ0n) is 13.0. The fraction of sp³-hybridized carbons (Fsp3) is 0.375. The lowest BCUT2D eigenvalue weighted by Crippen LogP contribution is -2.48. The molecule has 6 nitrogen and oxygen atoms in total. The van der Waals surface area contributed by atoms with E-state index in [1.807, 2.05) is 0 Å². The van der Waals surface area contributed by atoms with E-state index in [0.29, 0.717) is 27.1 Å². The van der Waals surface area contributed by atoms with Crippen LogP contribution in [-0.4, -0.2) is 54.8 Å². The van der Waals surface area contributed by atoms with Gasteiger partial charge < -0.3 is 19.5 Å². The molecular formula is C16H16FNO5S. The molecule has 128 valence electrons. The van der Waals surface area contributed by atoms with E-state index < -0.39 is 17.9 Å². The Kier molecular flexibility index (Phi) is 4.79. The monoisotopic (exact) mass is 353 g/mol. The maximum absolute atomic E-state index is 14.2. The number of ether oxygens (including phenoxy) is 2. The van der Waals surface area contributed by atoms with E-state index in [1.165, 1.54) is 29.4 Å². The van der Waals surface area contributed by atoms with Crippen molar-refractivity contribution < 1.29 is 28.6 Å². The van der Waals surface area contributed by atoms with Gasteiger partial charge in [0, 0.05) is 29.3 Å². The van der Waals surface area contributed by atoms with Crippen molar-refractivity contribution in [3.8, 4) is 0 Å². The molecule has 1 amide bonds. The Hall–Kier alpha value is -2.03. The number of morpholine rings is 1. The Morgan fingerprint density at radius 2 is 2.29 bits per heavy atom. The lowest BCUT2D eigenvalue weighted by atomic mass is 10.1. The Balaban J connectivity index is 1.99. The number of hydrogen-bond donors (Lipinski definition) is 1. The highest BCUT2D eigenvalue weighted by Crippen LogP contribution is 2.34. The van der Waals surface area contributed by atoms with E-state index in [-0.39, 0.29) is 25.7 Å². The van der Waals surface area contributed by atoms with Crippen molar-refractivity contribution in [2.45, 2.75) is 12.7 Å². The number of carboxylic acids is 1. The summed E-state index contributed by atoms with van der Waals surface area (Å²) in [5.74, 6) is -1.83. The van der Waals surface area contributed by atoms with Crippen LogP contribution in [0.5, 0.6) is 0 Å². The van der Waals surface area contributed by atoms with Gasteiger partial charge in [-0.25, -0.2) is 9.18 Å². The molecule has 1 unspecified atom stereocenters. The second-order valence-electron chi connectivity index (χ2n) is 5.40. The average Bonchev–Trinajstić information content (AvgIpc) is 2.94. The fourth-order valence-corrected chi connectivity index (χ4v) is 3.94. The number of rotatable bonds is 4. The average molecular weight is 353 g/mol. The molecule has 1 aliphatic rings. The molecule has 24 heavy (non-hydrogen) atoms. The third kappa shape index (κ3) is 3.00. The largest absolute Gasteiger partial charge is 0.479 e. The molecule has 0 aliphatic carbocycles. The zero-order chi connectivity index (χ0) is 17.3. The minimum atomic E-state index is -1.10. The fourth-order valence-electron chi connectivity index (χ4n) is 2.75. The predicted octanol–water partition coefficient (Wildman–Crippen LogP) is 2.11. The Labute approximate surface area is 141 Å². The van der Waals surface area contributed by atoms with E-state index in [0.717, 1.165) is 0 Å². The first-order valence-electron chi connectivity index (χ1n) is 7.35. The minimum absolute atomic E-state index is 0.0304. The van der Waals surface area contributed by atoms with Crippen molar-refractivity contribution in [2.75, 3.05) is 26.8 Å². The highest BCUT2D eigenvalue weighted by molar-refractivity contribution is 7.21. The first kappa shape index (κ1) is 16.8. The summed E-state index contributed by atoms with van der Waals surface area (Å²) in [6.07, 6.45) is -1.04. The van der Waals surface area contributed by atoms with Crippen molar-refractivity contribution in [2.24, 2.45) is 0 Å². The lowest BCUT2D eigenvalue weighted by Gasteiger charge is -2.30. The van der Waals surface area contributed by atoms with Crippen molar-refractivity contribution in [1.29, 1.82) is 0 Å². The van der Waals surface area contributed by atoms with Crippen molar-refractivity contribution >= 4 is 33.3 Å². The molecule has 2 heterocycles. The number of thiophene rings is 1. The van der Waals surface area contributed by atoms with Crippen molar-refractivity contribution in [3.05, 3.63) is 34.5 Å². The number of nitrogens with zero attached hydrogens (tertiary/aromatic N) is 1. The molecular weight excluding hydrogens is 337 g/mol. The Morgan fingerprint density at radius 3 is 3.00 bits per heavy atom. The molecule has 0 radical (unpaired) electrons. The molecule has 1 saturated heterocycles. The normalized spacial score (nSPS) is 18.1. The third-order valence-corrected chi connectivity index (χ3v) is 5.06. The second-order valence-corrected chi connectivity index (χ2v) is 6.46. The van der Waals surface area contributed by atoms with Gasteiger partial charge in [-0.15, -0.1) is 11.3 Å². The second kappa shape index (κ2) is 6.84. The number of carbonyl (C=O) groups excluding carboxylic acids is 1. The van der Waals surface area contributed by atoms with Crippen LogP contribution in [0.25, 0.3) is 10.1 Å². The van der Waals surface area contributed by atoms with Crippen LogP contribution in [0.4, 0.5) is 4.39 Å². The van der Waals surface area contributed by atoms with Crippen molar-refractivity contribution in [3.63, 3.8) is 0 Å². The third-order valence-electron chi connectivity index (χ3n) is 3.88. The number of amides is 1. The summed E-state index contributed by atoms with van der Waals surface area (Å²) in [7, 11) is 1.48. The van der Waals surface area contributed by atoms with Gasteiger partial charge >= 0.3 is 5.97 Å². The van der Waals surface area contributed by atoms with Gasteiger partial charge in [0.2, 0.25) is 0 Å². The molecule has 1 aromatic heterocycles. The van der Waals surface area contributed by atoms with Gasteiger partial charge in [0.15, 0.2) is 6.10 Å². The van der Waals surface area contributed by atoms with E-state index in [2.05, 4.69) is 0 Å². The quantitative estimate of drug-likeness (QED) is 0.911. The van der Waals surface area contributed by atoms with Crippen molar-refractivity contribution in [1.82, 2.24) is 4.90 Å². The molecule has 1 atom stereocenters.